The van der Waals surface area contributed by atoms with Crippen molar-refractivity contribution in [3.63, 3.8) is 0 Å². The van der Waals surface area contributed by atoms with Gasteiger partial charge in [-0.15, -0.1) is 0 Å². The van der Waals surface area contributed by atoms with Gasteiger partial charge in [-0.25, -0.2) is 14.4 Å². The van der Waals surface area contributed by atoms with Gasteiger partial charge in [0, 0.05) is 11.5 Å². The molecule has 1 heterocycles. The number of aliphatic hydroxyl groups excluding tert-OH is 1. The van der Waals surface area contributed by atoms with Crippen molar-refractivity contribution >= 4 is 34.0 Å². The fourth-order valence-electron chi connectivity index (χ4n) is 3.91. The van der Waals surface area contributed by atoms with E-state index in [-0.39, 0.29) is 22.6 Å². The van der Waals surface area contributed by atoms with Crippen LogP contribution in [0.5, 0.6) is 11.5 Å². The molecule has 1 aromatic heterocycles. The second kappa shape index (κ2) is 15.5. The van der Waals surface area contributed by atoms with Crippen molar-refractivity contribution in [2.75, 3.05) is 12.4 Å². The third kappa shape index (κ3) is 9.10. The molecule has 1 aliphatic carbocycles. The zero-order valence-electron chi connectivity index (χ0n) is 21.7. The van der Waals surface area contributed by atoms with Crippen molar-refractivity contribution in [3.05, 3.63) is 47.5 Å². The van der Waals surface area contributed by atoms with Crippen LogP contribution in [-0.2, 0) is 0 Å². The Labute approximate surface area is 218 Å². The highest BCUT2D eigenvalue weighted by molar-refractivity contribution is 6.31. The lowest BCUT2D eigenvalue weighted by Crippen LogP contribution is -2.01. The second-order valence-corrected chi connectivity index (χ2v) is 9.49. The first-order valence-corrected chi connectivity index (χ1v) is 13.1. The molecule has 2 aromatic carbocycles. The summed E-state index contributed by atoms with van der Waals surface area (Å²) < 4.78 is 19.0. The van der Waals surface area contributed by atoms with Gasteiger partial charge in [0.15, 0.2) is 17.3 Å². The molecule has 8 heteroatoms. The SMILES string of the molecule is CC1CCCCC1.CCC[C@H](O)CC.COc1cc2ncnc(Nc3cccc(Cl)c3F)c2cc1O. The molecule has 1 atom stereocenters. The maximum atomic E-state index is 14.0. The smallest absolute Gasteiger partial charge is 0.165 e. The quantitative estimate of drug-likeness (QED) is 0.305. The van der Waals surface area contributed by atoms with E-state index in [0.29, 0.717) is 22.5 Å². The maximum absolute atomic E-state index is 14.0. The fourth-order valence-corrected chi connectivity index (χ4v) is 4.08. The van der Waals surface area contributed by atoms with E-state index < -0.39 is 5.82 Å². The summed E-state index contributed by atoms with van der Waals surface area (Å²) in [5, 5.41) is 22.1. The lowest BCUT2D eigenvalue weighted by atomic mass is 9.91. The molecule has 1 saturated carbocycles. The highest BCUT2D eigenvalue weighted by atomic mass is 35.5. The Morgan fingerprint density at radius 2 is 1.89 bits per heavy atom. The number of ether oxygens (including phenoxy) is 1. The number of rotatable bonds is 6. The van der Waals surface area contributed by atoms with Crippen LogP contribution in [0, 0.1) is 11.7 Å². The number of benzene rings is 2. The number of hydrogen-bond acceptors (Lipinski definition) is 6. The minimum Gasteiger partial charge on any atom is -0.504 e. The number of halogens is 2. The van der Waals surface area contributed by atoms with E-state index >= 15 is 0 Å². The van der Waals surface area contributed by atoms with Gasteiger partial charge in [0.05, 0.1) is 29.4 Å². The van der Waals surface area contributed by atoms with Crippen LogP contribution in [0.25, 0.3) is 10.9 Å². The number of phenols is 1. The Morgan fingerprint density at radius 3 is 2.44 bits per heavy atom. The van der Waals surface area contributed by atoms with Crippen LogP contribution in [0.3, 0.4) is 0 Å². The molecule has 36 heavy (non-hydrogen) atoms. The molecule has 0 radical (unpaired) electrons. The Kier molecular flexibility index (Phi) is 12.7. The zero-order valence-corrected chi connectivity index (χ0v) is 22.5. The summed E-state index contributed by atoms with van der Waals surface area (Å²) in [6, 6.07) is 7.65. The van der Waals surface area contributed by atoms with Crippen LogP contribution >= 0.6 is 11.6 Å². The third-order valence-corrected chi connectivity index (χ3v) is 6.42. The van der Waals surface area contributed by atoms with Gasteiger partial charge < -0.3 is 20.3 Å². The third-order valence-electron chi connectivity index (χ3n) is 6.13. The summed E-state index contributed by atoms with van der Waals surface area (Å²) >= 11 is 5.76. The van der Waals surface area contributed by atoms with Crippen LogP contribution in [0.1, 0.15) is 72.1 Å². The molecule has 3 aromatic rings. The van der Waals surface area contributed by atoms with Gasteiger partial charge in [-0.2, -0.15) is 0 Å². The molecule has 0 unspecified atom stereocenters. The summed E-state index contributed by atoms with van der Waals surface area (Å²) in [4.78, 5) is 8.20. The van der Waals surface area contributed by atoms with Crippen LogP contribution in [0.4, 0.5) is 15.9 Å². The van der Waals surface area contributed by atoms with Gasteiger partial charge in [-0.1, -0.05) is 77.0 Å². The van der Waals surface area contributed by atoms with Gasteiger partial charge in [-0.05, 0) is 37.0 Å². The highest BCUT2D eigenvalue weighted by Crippen LogP contribution is 2.34. The first-order chi connectivity index (χ1) is 17.3. The lowest BCUT2D eigenvalue weighted by molar-refractivity contribution is 0.159. The fraction of sp³-hybridized carbons (Fsp3) is 0.500. The number of fused-ring (bicyclic) bond motifs is 1. The first kappa shape index (κ1) is 29.6. The summed E-state index contributed by atoms with van der Waals surface area (Å²) in [5.41, 5.74) is 0.734. The van der Waals surface area contributed by atoms with Crippen LogP contribution < -0.4 is 10.1 Å². The topological polar surface area (TPSA) is 87.5 Å². The molecular formula is C28H39ClFN3O3. The minimum absolute atomic E-state index is 0.00729. The van der Waals surface area contributed by atoms with Crippen molar-refractivity contribution in [2.45, 2.75) is 78.2 Å². The molecule has 0 aliphatic heterocycles. The van der Waals surface area contributed by atoms with E-state index in [2.05, 4.69) is 29.1 Å². The molecule has 0 amide bonds. The number of nitrogens with zero attached hydrogens (tertiary/aromatic N) is 2. The van der Waals surface area contributed by atoms with E-state index in [0.717, 1.165) is 25.2 Å². The molecule has 4 rings (SSSR count). The van der Waals surface area contributed by atoms with Crippen molar-refractivity contribution in [1.29, 1.82) is 0 Å². The van der Waals surface area contributed by atoms with Crippen LogP contribution in [-0.4, -0.2) is 33.4 Å². The van der Waals surface area contributed by atoms with Gasteiger partial charge in [0.2, 0.25) is 0 Å². The molecule has 3 N–H and O–H groups in total. The van der Waals surface area contributed by atoms with Gasteiger partial charge in [-0.3, -0.25) is 0 Å². The van der Waals surface area contributed by atoms with Crippen molar-refractivity contribution in [3.8, 4) is 11.5 Å². The number of phenolic OH excluding ortho intramolecular Hbond substituents is 1. The number of hydrogen-bond donors (Lipinski definition) is 3. The van der Waals surface area contributed by atoms with Gasteiger partial charge in [0.25, 0.3) is 0 Å². The zero-order chi connectivity index (χ0) is 26.5. The van der Waals surface area contributed by atoms with Gasteiger partial charge >= 0.3 is 0 Å². The van der Waals surface area contributed by atoms with Crippen molar-refractivity contribution in [2.24, 2.45) is 5.92 Å². The molecule has 1 fully saturated rings. The number of anilines is 2. The number of methoxy groups -OCH3 is 1. The minimum atomic E-state index is -0.575. The predicted octanol–water partition coefficient (Wildman–Crippen LogP) is 8.02. The average Bonchev–Trinajstić information content (AvgIpc) is 2.88. The van der Waals surface area contributed by atoms with E-state index in [1.165, 1.54) is 57.7 Å². The number of aliphatic hydroxyl groups is 1. The summed E-state index contributed by atoms with van der Waals surface area (Å²) in [6.07, 6.45) is 11.7. The van der Waals surface area contributed by atoms with Crippen LogP contribution in [0.15, 0.2) is 36.7 Å². The molecule has 6 nitrogen and oxygen atoms in total. The Morgan fingerprint density at radius 1 is 1.17 bits per heavy atom. The normalized spacial score (nSPS) is 14.2. The average molecular weight is 520 g/mol. The number of aromatic nitrogens is 2. The highest BCUT2D eigenvalue weighted by Gasteiger charge is 2.12. The molecule has 198 valence electrons. The maximum Gasteiger partial charge on any atom is 0.165 e. The Hall–Kier alpha value is -2.64. The summed E-state index contributed by atoms with van der Waals surface area (Å²) in [6.45, 7) is 6.44. The summed E-state index contributed by atoms with van der Waals surface area (Å²) in [7, 11) is 1.45. The van der Waals surface area contributed by atoms with E-state index in [4.69, 9.17) is 21.4 Å². The molecule has 0 saturated heterocycles. The van der Waals surface area contributed by atoms with Crippen molar-refractivity contribution < 1.29 is 19.3 Å². The van der Waals surface area contributed by atoms with Crippen LogP contribution in [0.2, 0.25) is 5.02 Å². The standard InChI is InChI=1S/C15H11ClFN3O2.C7H14.C6H14O/c1-22-13-6-11-8(5-12(13)21)15(19-7-18-11)20-10-4-2-3-9(16)14(10)17;1-7-5-3-2-4-6-7;1-3-5-6(7)4-2/h2-7,21H,1H3,(H,18,19,20);7H,2-6H2,1H3;6-7H,3-5H2,1-2H3/t;;6-/m..1/s1. The second-order valence-electron chi connectivity index (χ2n) is 9.08. The van der Waals surface area contributed by atoms with Crippen molar-refractivity contribution in [1.82, 2.24) is 9.97 Å². The molecular weight excluding hydrogens is 481 g/mol. The summed E-state index contributed by atoms with van der Waals surface area (Å²) in [5.74, 6) is 1.05. The van der Waals surface area contributed by atoms with Gasteiger partial charge in [0.1, 0.15) is 12.1 Å². The Balaban J connectivity index is 0.000000267. The number of nitrogens with one attached hydrogen (secondary N) is 1. The van der Waals surface area contributed by atoms with E-state index in [1.807, 2.05) is 6.92 Å². The molecule has 0 spiro atoms. The van der Waals surface area contributed by atoms with E-state index in [9.17, 15) is 9.50 Å². The number of aromatic hydroxyl groups is 1. The lowest BCUT2D eigenvalue weighted by Gasteiger charge is -2.15. The first-order valence-electron chi connectivity index (χ1n) is 12.7. The Bertz CT molecular complexity index is 1070. The predicted molar refractivity (Wildman–Crippen MR) is 146 cm³/mol. The largest absolute Gasteiger partial charge is 0.504 e. The molecule has 0 bridgehead atoms. The molecule has 1 aliphatic rings. The monoisotopic (exact) mass is 519 g/mol. The van der Waals surface area contributed by atoms with E-state index in [1.54, 1.807) is 18.2 Å².